The van der Waals surface area contributed by atoms with Crippen molar-refractivity contribution in [1.29, 1.82) is 0 Å². The van der Waals surface area contributed by atoms with Crippen LogP contribution in [0, 0.1) is 11.6 Å². The molecule has 1 heterocycles. The van der Waals surface area contributed by atoms with E-state index < -0.39 is 79.2 Å². The highest BCUT2D eigenvalue weighted by Gasteiger charge is 2.24. The summed E-state index contributed by atoms with van der Waals surface area (Å²) in [6, 6.07) is 0.877. The molecule has 0 aromatic heterocycles. The number of amides is 1. The van der Waals surface area contributed by atoms with Crippen molar-refractivity contribution < 1.29 is 32.6 Å². The molecule has 0 saturated carbocycles. The van der Waals surface area contributed by atoms with Crippen LogP contribution in [0.1, 0.15) is 36.7 Å². The number of hydrogen-bond acceptors (Lipinski definition) is 4. The summed E-state index contributed by atoms with van der Waals surface area (Å²) in [5.74, 6) is -5.06. The molecular formula is C18H18F3IN2O4. The third-order valence-corrected chi connectivity index (χ3v) is 4.99. The van der Waals surface area contributed by atoms with E-state index in [2.05, 4.69) is 10.6 Å². The molecule has 0 aliphatic carbocycles. The maximum atomic E-state index is 14.5. The highest BCUT2D eigenvalue weighted by Crippen LogP contribution is 2.29. The van der Waals surface area contributed by atoms with Crippen molar-refractivity contribution in [2.24, 2.45) is 0 Å². The van der Waals surface area contributed by atoms with Gasteiger partial charge in [-0.3, -0.25) is 0 Å². The summed E-state index contributed by atoms with van der Waals surface area (Å²) < 4.78 is 50.8. The summed E-state index contributed by atoms with van der Waals surface area (Å²) in [7, 11) is 0. The van der Waals surface area contributed by atoms with Crippen LogP contribution in [0.3, 0.4) is 0 Å². The van der Waals surface area contributed by atoms with Gasteiger partial charge in [-0.1, -0.05) is 20.7 Å². The Hall–Kier alpha value is -2.37. The minimum atomic E-state index is -1.54. The Balaban J connectivity index is 2.33. The Morgan fingerprint density at radius 1 is 1.21 bits per heavy atom. The van der Waals surface area contributed by atoms with Crippen LogP contribution >= 0.6 is 20.7 Å². The highest BCUT2D eigenvalue weighted by molar-refractivity contribution is 14.2. The van der Waals surface area contributed by atoms with Gasteiger partial charge in [0.05, 0.1) is 16.9 Å². The van der Waals surface area contributed by atoms with Gasteiger partial charge in [0, 0.05) is 16.1 Å². The predicted molar refractivity (Wildman–Crippen MR) is 107 cm³/mol. The number of carboxylic acid groups (broad SMARTS) is 1. The molecule has 6 nitrogen and oxygen atoms in total. The molecule has 1 aromatic rings. The second kappa shape index (κ2) is 8.76. The minimum absolute atomic E-state index is 0.161. The first-order valence-corrected chi connectivity index (χ1v) is 10.5. The summed E-state index contributed by atoms with van der Waals surface area (Å²) in [4.78, 5) is 23.2. The quantitative estimate of drug-likeness (QED) is 0.505. The lowest BCUT2D eigenvalue weighted by atomic mass is 10.1. The van der Waals surface area contributed by atoms with E-state index in [0.717, 1.165) is 6.07 Å². The van der Waals surface area contributed by atoms with Crippen molar-refractivity contribution >= 4 is 42.5 Å². The first-order valence-electron chi connectivity index (χ1n) is 7.99. The van der Waals surface area contributed by atoms with Gasteiger partial charge in [0.25, 0.3) is 0 Å². The molecule has 1 amide bonds. The van der Waals surface area contributed by atoms with Crippen molar-refractivity contribution in [1.82, 2.24) is 5.32 Å². The first kappa shape index (κ1) is 21.9. The molecule has 2 rings (SSSR count). The molecule has 28 heavy (non-hydrogen) atoms. The summed E-state index contributed by atoms with van der Waals surface area (Å²) in [5, 5.41) is 13.9. The Bertz CT molecular complexity index is 905. The van der Waals surface area contributed by atoms with Crippen LogP contribution < -0.4 is 10.6 Å². The second-order valence-electron chi connectivity index (χ2n) is 6.66. The van der Waals surface area contributed by atoms with E-state index in [1.807, 2.05) is 0 Å². The molecule has 0 saturated heterocycles. The number of nitrogens with one attached hydrogen (secondary N) is 2. The normalized spacial score (nSPS) is 13.8. The third kappa shape index (κ3) is 5.57. The summed E-state index contributed by atoms with van der Waals surface area (Å²) in [6.07, 6.45) is 0.480. The Labute approximate surface area is 169 Å². The van der Waals surface area contributed by atoms with E-state index in [4.69, 9.17) is 4.74 Å². The first-order chi connectivity index (χ1) is 13.0. The summed E-state index contributed by atoms with van der Waals surface area (Å²) >= 11 is -0.606. The molecule has 0 radical (unpaired) electrons. The van der Waals surface area contributed by atoms with Gasteiger partial charge in [0.15, 0.2) is 17.5 Å². The lowest BCUT2D eigenvalue weighted by molar-refractivity contribution is 0.0522. The number of anilines is 1. The maximum Gasteiger partial charge on any atom is 0.407 e. The number of alkyl carbamates (subject to hydrolysis) is 1. The number of carboxylic acids is 1. The van der Waals surface area contributed by atoms with Crippen LogP contribution in [0.4, 0.5) is 23.7 Å². The molecule has 152 valence electrons. The Morgan fingerprint density at radius 3 is 2.46 bits per heavy atom. The average molecular weight is 510 g/mol. The van der Waals surface area contributed by atoms with Crippen LogP contribution in [0.25, 0.3) is 0 Å². The molecular weight excluding hydrogens is 492 g/mol. The fourth-order valence-corrected chi connectivity index (χ4v) is 3.57. The summed E-state index contributed by atoms with van der Waals surface area (Å²) in [6.45, 7) is 4.39. The summed E-state index contributed by atoms with van der Waals surface area (Å²) in [5.41, 5.74) is -2.65. The van der Waals surface area contributed by atoms with Gasteiger partial charge in [-0.25, -0.2) is 22.8 Å². The van der Waals surface area contributed by atoms with Crippen LogP contribution in [0.15, 0.2) is 27.7 Å². The van der Waals surface area contributed by atoms with Crippen LogP contribution in [0.5, 0.6) is 0 Å². The van der Waals surface area contributed by atoms with Gasteiger partial charge in [-0.15, -0.1) is 0 Å². The van der Waals surface area contributed by atoms with Crippen LogP contribution in [-0.2, 0) is 11.3 Å². The molecule has 1 aliphatic rings. The minimum Gasteiger partial charge on any atom is -0.478 e. The van der Waals surface area contributed by atoms with Crippen molar-refractivity contribution in [3.05, 3.63) is 50.5 Å². The average Bonchev–Trinajstić information content (AvgIpc) is 2.58. The van der Waals surface area contributed by atoms with E-state index in [-0.39, 0.29) is 5.70 Å². The van der Waals surface area contributed by atoms with Gasteiger partial charge in [0.2, 0.25) is 0 Å². The molecule has 0 unspecified atom stereocenters. The highest BCUT2D eigenvalue weighted by atomic mass is 127. The monoisotopic (exact) mass is 510 g/mol. The molecule has 1 aliphatic heterocycles. The molecule has 0 fully saturated rings. The fourth-order valence-electron chi connectivity index (χ4n) is 2.15. The van der Waals surface area contributed by atoms with Gasteiger partial charge < -0.3 is 20.5 Å². The lowest BCUT2D eigenvalue weighted by Gasteiger charge is -2.20. The number of halogens is 4. The van der Waals surface area contributed by atoms with E-state index in [0.29, 0.717) is 0 Å². The number of allylic oxidation sites excluding steroid dienone is 2. The SMILES string of the molecule is CC(C)(C)OC(=O)NCc1cc(C(=O)O)c(NC2=C(F)C=IC=C2)c(F)c1F. The number of aromatic carboxylic acids is 1. The van der Waals surface area contributed by atoms with Gasteiger partial charge in [-0.05, 0) is 37.0 Å². The Morgan fingerprint density at radius 2 is 1.89 bits per heavy atom. The molecule has 0 bridgehead atoms. The zero-order chi connectivity index (χ0) is 21.1. The number of hydrogen-bond donors (Lipinski definition) is 3. The van der Waals surface area contributed by atoms with Crippen molar-refractivity contribution in [3.63, 3.8) is 0 Å². The number of benzene rings is 1. The maximum absolute atomic E-state index is 14.5. The number of ether oxygens (including phenoxy) is 1. The zero-order valence-corrected chi connectivity index (χ0v) is 17.4. The molecule has 3 N–H and O–H groups in total. The third-order valence-electron chi connectivity index (χ3n) is 3.31. The van der Waals surface area contributed by atoms with Gasteiger partial charge in [0.1, 0.15) is 5.60 Å². The van der Waals surface area contributed by atoms with Crippen molar-refractivity contribution in [2.75, 3.05) is 5.32 Å². The fraction of sp³-hybridized carbons (Fsp3) is 0.278. The van der Waals surface area contributed by atoms with E-state index in [1.165, 1.54) is 10.1 Å². The van der Waals surface area contributed by atoms with E-state index in [1.54, 1.807) is 24.9 Å². The Kier molecular flexibility index (Phi) is 6.86. The number of carbonyl (C=O) groups is 2. The van der Waals surface area contributed by atoms with E-state index >= 15 is 0 Å². The van der Waals surface area contributed by atoms with Crippen LogP contribution in [-0.4, -0.2) is 26.8 Å². The van der Waals surface area contributed by atoms with Crippen LogP contribution in [0.2, 0.25) is 0 Å². The smallest absolute Gasteiger partial charge is 0.407 e. The molecule has 0 spiro atoms. The molecule has 0 atom stereocenters. The topological polar surface area (TPSA) is 87.7 Å². The van der Waals surface area contributed by atoms with Gasteiger partial charge in [-0.2, -0.15) is 0 Å². The predicted octanol–water partition coefficient (Wildman–Crippen LogP) is 4.58. The second-order valence-corrected chi connectivity index (χ2v) is 8.72. The van der Waals surface area contributed by atoms with Crippen molar-refractivity contribution in [3.8, 4) is 0 Å². The molecule has 1 aromatic carbocycles. The van der Waals surface area contributed by atoms with Crippen molar-refractivity contribution in [2.45, 2.75) is 32.9 Å². The number of rotatable bonds is 5. The van der Waals surface area contributed by atoms with E-state index in [9.17, 15) is 27.9 Å². The standard InChI is InChI=1S/C18H18F3IN2O4/c1-18(2,3)28-17(27)23-8-9-6-10(16(25)26)15(14(21)13(9)20)24-12-4-5-22-7-11(12)19/h4-7,24H,8H2,1-3H3,(H,23,27)(H,25,26). The largest absolute Gasteiger partial charge is 0.478 e. The lowest BCUT2D eigenvalue weighted by Crippen LogP contribution is -2.32. The molecule has 10 heteroatoms. The number of carbonyl (C=O) groups excluding carboxylic acids is 1. The van der Waals surface area contributed by atoms with Gasteiger partial charge >= 0.3 is 12.1 Å². The zero-order valence-electron chi connectivity index (χ0n) is 15.2.